The predicted octanol–water partition coefficient (Wildman–Crippen LogP) is 3.20. The molecule has 1 heterocycles. The summed E-state index contributed by atoms with van der Waals surface area (Å²) in [4.78, 5) is 13.9. The number of piperidine rings is 1. The lowest BCUT2D eigenvalue weighted by atomic mass is 9.95. The average Bonchev–Trinajstić information content (AvgIpc) is 2.44. The maximum Gasteiger partial charge on any atom is 0.246 e. The molecule has 0 spiro atoms. The Kier molecular flexibility index (Phi) is 4.84. The summed E-state index contributed by atoms with van der Waals surface area (Å²) >= 11 is 0. The number of aliphatic hydroxyl groups is 1. The molecule has 21 heavy (non-hydrogen) atoms. The summed E-state index contributed by atoms with van der Waals surface area (Å²) in [6.07, 6.45) is 5.06. The minimum Gasteiger partial charge on any atom is -0.388 e. The van der Waals surface area contributed by atoms with E-state index in [4.69, 9.17) is 0 Å². The van der Waals surface area contributed by atoms with Gasteiger partial charge < -0.3 is 10.0 Å². The maximum atomic E-state index is 12.2. The van der Waals surface area contributed by atoms with Crippen LogP contribution in [-0.2, 0) is 4.79 Å². The molecule has 1 fully saturated rings. The van der Waals surface area contributed by atoms with Gasteiger partial charge in [-0.05, 0) is 42.9 Å². The quantitative estimate of drug-likeness (QED) is 0.867. The smallest absolute Gasteiger partial charge is 0.246 e. The fourth-order valence-electron chi connectivity index (χ4n) is 2.67. The van der Waals surface area contributed by atoms with Gasteiger partial charge >= 0.3 is 0 Å². The third-order valence-electron chi connectivity index (χ3n) is 4.01. The van der Waals surface area contributed by atoms with Crippen LogP contribution in [0.2, 0.25) is 0 Å². The minimum absolute atomic E-state index is 0.0251. The first-order valence-electron chi connectivity index (χ1n) is 7.67. The predicted molar refractivity (Wildman–Crippen MR) is 86.0 cm³/mol. The van der Waals surface area contributed by atoms with E-state index in [1.54, 1.807) is 17.9 Å². The highest BCUT2D eigenvalue weighted by molar-refractivity contribution is 5.91. The number of rotatable bonds is 3. The monoisotopic (exact) mass is 287 g/mol. The van der Waals surface area contributed by atoms with Crippen LogP contribution in [0.25, 0.3) is 6.08 Å². The van der Waals surface area contributed by atoms with Gasteiger partial charge in [-0.2, -0.15) is 0 Å². The van der Waals surface area contributed by atoms with Crippen molar-refractivity contribution in [3.05, 3.63) is 41.5 Å². The van der Waals surface area contributed by atoms with E-state index in [-0.39, 0.29) is 5.91 Å². The van der Waals surface area contributed by atoms with Crippen molar-refractivity contribution in [3.63, 3.8) is 0 Å². The number of hydrogen-bond acceptors (Lipinski definition) is 2. The molecule has 1 unspecified atom stereocenters. The van der Waals surface area contributed by atoms with Crippen LogP contribution < -0.4 is 0 Å². The highest BCUT2D eigenvalue weighted by Gasteiger charge is 2.29. The van der Waals surface area contributed by atoms with Crippen LogP contribution in [0.3, 0.4) is 0 Å². The molecule has 0 radical (unpaired) electrons. The Balaban J connectivity index is 1.98. The Labute approximate surface area is 127 Å². The molecule has 1 aromatic rings. The van der Waals surface area contributed by atoms with E-state index in [2.05, 4.69) is 26.0 Å². The molecule has 1 N–H and O–H groups in total. The molecule has 0 aliphatic carbocycles. The van der Waals surface area contributed by atoms with Gasteiger partial charge in [0.2, 0.25) is 5.91 Å². The molecular weight excluding hydrogens is 262 g/mol. The van der Waals surface area contributed by atoms with E-state index < -0.39 is 5.60 Å². The summed E-state index contributed by atoms with van der Waals surface area (Å²) in [5, 5.41) is 10.0. The van der Waals surface area contributed by atoms with Crippen molar-refractivity contribution in [2.45, 2.75) is 45.1 Å². The van der Waals surface area contributed by atoms with Gasteiger partial charge in [0.25, 0.3) is 0 Å². The van der Waals surface area contributed by atoms with Crippen LogP contribution >= 0.6 is 0 Å². The first-order valence-corrected chi connectivity index (χ1v) is 7.67. The van der Waals surface area contributed by atoms with Crippen molar-refractivity contribution in [2.24, 2.45) is 0 Å². The second kappa shape index (κ2) is 6.44. The molecule has 0 aromatic heterocycles. The third kappa shape index (κ3) is 4.43. The molecule has 1 aliphatic heterocycles. The zero-order valence-corrected chi connectivity index (χ0v) is 13.2. The molecule has 1 saturated heterocycles. The first kappa shape index (κ1) is 15.8. The van der Waals surface area contributed by atoms with Crippen LogP contribution in [0, 0.1) is 0 Å². The molecule has 3 heteroatoms. The van der Waals surface area contributed by atoms with E-state index in [1.165, 1.54) is 5.56 Å². The van der Waals surface area contributed by atoms with Gasteiger partial charge in [0.1, 0.15) is 0 Å². The molecule has 114 valence electrons. The molecule has 3 nitrogen and oxygen atoms in total. The Hall–Kier alpha value is -1.61. The third-order valence-corrected chi connectivity index (χ3v) is 4.01. The van der Waals surface area contributed by atoms with E-state index in [1.807, 2.05) is 18.2 Å². The number of carbonyl (C=O) groups excluding carboxylic acids is 1. The summed E-state index contributed by atoms with van der Waals surface area (Å²) in [5.41, 5.74) is 1.57. The number of nitrogens with zero attached hydrogens (tertiary/aromatic N) is 1. The highest BCUT2D eigenvalue weighted by Crippen LogP contribution is 2.20. The van der Waals surface area contributed by atoms with E-state index in [0.717, 1.165) is 24.9 Å². The lowest BCUT2D eigenvalue weighted by Gasteiger charge is -2.36. The van der Waals surface area contributed by atoms with Crippen LogP contribution in [0.15, 0.2) is 30.3 Å². The van der Waals surface area contributed by atoms with E-state index in [9.17, 15) is 9.90 Å². The maximum absolute atomic E-state index is 12.2. The van der Waals surface area contributed by atoms with Crippen molar-refractivity contribution >= 4 is 12.0 Å². The van der Waals surface area contributed by atoms with Crippen molar-refractivity contribution < 1.29 is 9.90 Å². The van der Waals surface area contributed by atoms with Gasteiger partial charge in [-0.15, -0.1) is 0 Å². The zero-order valence-electron chi connectivity index (χ0n) is 13.2. The number of likely N-dealkylation sites (tertiary alicyclic amines) is 1. The summed E-state index contributed by atoms with van der Waals surface area (Å²) in [5.74, 6) is 0.489. The van der Waals surface area contributed by atoms with Crippen LogP contribution in [0.5, 0.6) is 0 Å². The van der Waals surface area contributed by atoms with Crippen LogP contribution in [0.1, 0.15) is 50.7 Å². The lowest BCUT2D eigenvalue weighted by molar-refractivity contribution is -0.132. The van der Waals surface area contributed by atoms with Crippen molar-refractivity contribution in [3.8, 4) is 0 Å². The normalized spacial score (nSPS) is 23.0. The fourth-order valence-corrected chi connectivity index (χ4v) is 2.67. The van der Waals surface area contributed by atoms with Gasteiger partial charge in [0.15, 0.2) is 0 Å². The molecule has 1 aliphatic rings. The average molecular weight is 287 g/mol. The first-order chi connectivity index (χ1) is 9.87. The number of hydrogen-bond donors (Lipinski definition) is 1. The summed E-state index contributed by atoms with van der Waals surface area (Å²) in [6.45, 7) is 7.27. The Morgan fingerprint density at radius 3 is 2.57 bits per heavy atom. The van der Waals surface area contributed by atoms with E-state index in [0.29, 0.717) is 12.5 Å². The highest BCUT2D eigenvalue weighted by atomic mass is 16.3. The van der Waals surface area contributed by atoms with Gasteiger partial charge in [0, 0.05) is 19.2 Å². The molecule has 1 amide bonds. The largest absolute Gasteiger partial charge is 0.388 e. The lowest BCUT2D eigenvalue weighted by Crippen LogP contribution is -2.48. The number of amides is 1. The number of β-amino-alcohol motifs (C(OH)–C–C–N with tert-alkyl or cyclic N) is 1. The van der Waals surface area contributed by atoms with Gasteiger partial charge in [0.05, 0.1) is 5.60 Å². The topological polar surface area (TPSA) is 40.5 Å². The van der Waals surface area contributed by atoms with Crippen molar-refractivity contribution in [1.29, 1.82) is 0 Å². The summed E-state index contributed by atoms with van der Waals surface area (Å²) in [6, 6.07) is 8.26. The van der Waals surface area contributed by atoms with Crippen molar-refractivity contribution in [1.82, 2.24) is 4.90 Å². The second-order valence-corrected chi connectivity index (χ2v) is 6.51. The minimum atomic E-state index is -0.749. The fraction of sp³-hybridized carbons (Fsp3) is 0.500. The molecular formula is C18H25NO2. The number of benzene rings is 1. The van der Waals surface area contributed by atoms with Gasteiger partial charge in [-0.1, -0.05) is 38.1 Å². The standard InChI is InChI=1S/C18H25NO2/c1-14(2)16-8-5-15(6-9-16)7-10-17(20)19-12-4-11-18(3,21)13-19/h5-10,14,21H,4,11-13H2,1-3H3/b10-7+. The Bertz CT molecular complexity index is 515. The Morgan fingerprint density at radius 1 is 1.33 bits per heavy atom. The van der Waals surface area contributed by atoms with Gasteiger partial charge in [-0.25, -0.2) is 0 Å². The summed E-state index contributed by atoms with van der Waals surface area (Å²) in [7, 11) is 0. The van der Waals surface area contributed by atoms with E-state index >= 15 is 0 Å². The summed E-state index contributed by atoms with van der Waals surface area (Å²) < 4.78 is 0. The molecule has 1 aromatic carbocycles. The molecule has 0 bridgehead atoms. The molecule has 2 rings (SSSR count). The SMILES string of the molecule is CC(C)c1ccc(/C=C/C(=O)N2CCCC(C)(O)C2)cc1. The van der Waals surface area contributed by atoms with Gasteiger partial charge in [-0.3, -0.25) is 4.79 Å². The van der Waals surface area contributed by atoms with Crippen molar-refractivity contribution in [2.75, 3.05) is 13.1 Å². The van der Waals surface area contributed by atoms with Crippen LogP contribution in [0.4, 0.5) is 0 Å². The van der Waals surface area contributed by atoms with Crippen LogP contribution in [-0.4, -0.2) is 34.6 Å². The second-order valence-electron chi connectivity index (χ2n) is 6.51. The zero-order chi connectivity index (χ0) is 15.5. The molecule has 1 atom stereocenters. The molecule has 0 saturated carbocycles. The Morgan fingerprint density at radius 2 is 2.00 bits per heavy atom. The number of carbonyl (C=O) groups is 1.